The van der Waals surface area contributed by atoms with E-state index in [2.05, 4.69) is 21.7 Å². The SMILES string of the molecule is CNc1ncccc1CNC1CC1. The summed E-state index contributed by atoms with van der Waals surface area (Å²) < 4.78 is 0. The van der Waals surface area contributed by atoms with Crippen LogP contribution in [0, 0.1) is 0 Å². The van der Waals surface area contributed by atoms with E-state index in [1.165, 1.54) is 18.4 Å². The Morgan fingerprint density at radius 3 is 3.08 bits per heavy atom. The van der Waals surface area contributed by atoms with Crippen LogP contribution in [-0.4, -0.2) is 18.1 Å². The number of nitrogens with one attached hydrogen (secondary N) is 2. The van der Waals surface area contributed by atoms with Crippen LogP contribution in [0.1, 0.15) is 18.4 Å². The molecular weight excluding hydrogens is 162 g/mol. The lowest BCUT2D eigenvalue weighted by Gasteiger charge is -2.07. The van der Waals surface area contributed by atoms with Crippen molar-refractivity contribution in [3.63, 3.8) is 0 Å². The Hall–Kier alpha value is -1.09. The maximum atomic E-state index is 4.24. The Balaban J connectivity index is 1.99. The first kappa shape index (κ1) is 8.51. The predicted octanol–water partition coefficient (Wildman–Crippen LogP) is 1.38. The second-order valence-electron chi connectivity index (χ2n) is 3.42. The largest absolute Gasteiger partial charge is 0.373 e. The lowest BCUT2D eigenvalue weighted by Crippen LogP contribution is -2.16. The molecule has 2 rings (SSSR count). The van der Waals surface area contributed by atoms with Gasteiger partial charge in [-0.15, -0.1) is 0 Å². The summed E-state index contributed by atoms with van der Waals surface area (Å²) in [5.41, 5.74) is 1.25. The zero-order valence-electron chi connectivity index (χ0n) is 7.88. The Labute approximate surface area is 78.6 Å². The molecule has 0 spiro atoms. The number of pyridine rings is 1. The van der Waals surface area contributed by atoms with Gasteiger partial charge < -0.3 is 10.6 Å². The number of aromatic nitrogens is 1. The molecule has 1 aromatic rings. The molecule has 0 saturated heterocycles. The van der Waals surface area contributed by atoms with Gasteiger partial charge in [0, 0.05) is 31.4 Å². The molecule has 3 nitrogen and oxygen atoms in total. The van der Waals surface area contributed by atoms with Crippen LogP contribution in [0.3, 0.4) is 0 Å². The van der Waals surface area contributed by atoms with Crippen molar-refractivity contribution in [2.24, 2.45) is 0 Å². The summed E-state index contributed by atoms with van der Waals surface area (Å²) in [7, 11) is 1.91. The molecule has 1 fully saturated rings. The molecule has 0 unspecified atom stereocenters. The summed E-state index contributed by atoms with van der Waals surface area (Å²) in [5, 5.41) is 6.56. The maximum Gasteiger partial charge on any atom is 0.130 e. The van der Waals surface area contributed by atoms with E-state index in [1.54, 1.807) is 0 Å². The van der Waals surface area contributed by atoms with E-state index in [0.29, 0.717) is 0 Å². The molecule has 1 aromatic heterocycles. The van der Waals surface area contributed by atoms with Gasteiger partial charge in [-0.3, -0.25) is 0 Å². The molecule has 1 heterocycles. The molecule has 2 N–H and O–H groups in total. The van der Waals surface area contributed by atoms with Gasteiger partial charge in [-0.1, -0.05) is 6.07 Å². The third-order valence-electron chi connectivity index (χ3n) is 2.29. The lowest BCUT2D eigenvalue weighted by molar-refractivity contribution is 0.687. The van der Waals surface area contributed by atoms with E-state index < -0.39 is 0 Å². The molecule has 1 saturated carbocycles. The van der Waals surface area contributed by atoms with Gasteiger partial charge in [-0.05, 0) is 18.9 Å². The lowest BCUT2D eigenvalue weighted by atomic mass is 10.2. The quantitative estimate of drug-likeness (QED) is 0.729. The molecule has 0 amide bonds. The second kappa shape index (κ2) is 3.75. The van der Waals surface area contributed by atoms with E-state index in [1.807, 2.05) is 19.3 Å². The van der Waals surface area contributed by atoms with Crippen LogP contribution in [-0.2, 0) is 6.54 Å². The highest BCUT2D eigenvalue weighted by molar-refractivity contribution is 5.42. The van der Waals surface area contributed by atoms with Crippen molar-refractivity contribution in [3.05, 3.63) is 23.9 Å². The van der Waals surface area contributed by atoms with Gasteiger partial charge in [0.2, 0.25) is 0 Å². The van der Waals surface area contributed by atoms with Crippen LogP contribution in [0.15, 0.2) is 18.3 Å². The Morgan fingerprint density at radius 2 is 2.38 bits per heavy atom. The van der Waals surface area contributed by atoms with Gasteiger partial charge in [0.1, 0.15) is 5.82 Å². The molecule has 1 aliphatic carbocycles. The van der Waals surface area contributed by atoms with Crippen LogP contribution in [0.2, 0.25) is 0 Å². The fourth-order valence-electron chi connectivity index (χ4n) is 1.35. The summed E-state index contributed by atoms with van der Waals surface area (Å²) >= 11 is 0. The van der Waals surface area contributed by atoms with Crippen LogP contribution in [0.4, 0.5) is 5.82 Å². The Kier molecular flexibility index (Phi) is 2.45. The minimum atomic E-state index is 0.755. The average Bonchev–Trinajstić information content (AvgIpc) is 2.99. The van der Waals surface area contributed by atoms with Gasteiger partial charge in [0.05, 0.1) is 0 Å². The zero-order valence-corrected chi connectivity index (χ0v) is 7.88. The van der Waals surface area contributed by atoms with E-state index in [-0.39, 0.29) is 0 Å². The monoisotopic (exact) mass is 177 g/mol. The summed E-state index contributed by atoms with van der Waals surface area (Å²) in [6.07, 6.45) is 4.47. The molecule has 70 valence electrons. The number of anilines is 1. The summed E-state index contributed by atoms with van der Waals surface area (Å²) in [6.45, 7) is 0.925. The first-order valence-electron chi connectivity index (χ1n) is 4.75. The Bertz CT molecular complexity index is 281. The normalized spacial score (nSPS) is 15.8. The van der Waals surface area contributed by atoms with Crippen molar-refractivity contribution in [1.82, 2.24) is 10.3 Å². The number of hydrogen-bond donors (Lipinski definition) is 2. The van der Waals surface area contributed by atoms with E-state index in [0.717, 1.165) is 18.4 Å². The average molecular weight is 177 g/mol. The van der Waals surface area contributed by atoms with E-state index in [9.17, 15) is 0 Å². The van der Waals surface area contributed by atoms with Crippen molar-refractivity contribution in [2.45, 2.75) is 25.4 Å². The highest BCUT2D eigenvalue weighted by Gasteiger charge is 2.20. The fraction of sp³-hybridized carbons (Fsp3) is 0.500. The molecule has 1 aliphatic rings. The number of rotatable bonds is 4. The molecule has 0 aromatic carbocycles. The van der Waals surface area contributed by atoms with Crippen molar-refractivity contribution in [1.29, 1.82) is 0 Å². The zero-order chi connectivity index (χ0) is 9.10. The van der Waals surface area contributed by atoms with Crippen molar-refractivity contribution in [2.75, 3.05) is 12.4 Å². The maximum absolute atomic E-state index is 4.24. The Morgan fingerprint density at radius 1 is 1.54 bits per heavy atom. The van der Waals surface area contributed by atoms with Crippen LogP contribution in [0.5, 0.6) is 0 Å². The fourth-order valence-corrected chi connectivity index (χ4v) is 1.35. The summed E-state index contributed by atoms with van der Waals surface area (Å²) in [6, 6.07) is 4.84. The van der Waals surface area contributed by atoms with Gasteiger partial charge in [0.25, 0.3) is 0 Å². The topological polar surface area (TPSA) is 37.0 Å². The predicted molar refractivity (Wildman–Crippen MR) is 53.6 cm³/mol. The van der Waals surface area contributed by atoms with Crippen molar-refractivity contribution < 1.29 is 0 Å². The van der Waals surface area contributed by atoms with Crippen LogP contribution >= 0.6 is 0 Å². The molecule has 0 aliphatic heterocycles. The van der Waals surface area contributed by atoms with Gasteiger partial charge >= 0.3 is 0 Å². The summed E-state index contributed by atoms with van der Waals surface area (Å²) in [4.78, 5) is 4.24. The molecule has 0 atom stereocenters. The molecule has 0 radical (unpaired) electrons. The van der Waals surface area contributed by atoms with E-state index >= 15 is 0 Å². The number of hydrogen-bond acceptors (Lipinski definition) is 3. The minimum Gasteiger partial charge on any atom is -0.373 e. The molecule has 0 bridgehead atoms. The second-order valence-corrected chi connectivity index (χ2v) is 3.42. The highest BCUT2D eigenvalue weighted by Crippen LogP contribution is 2.20. The van der Waals surface area contributed by atoms with Gasteiger partial charge in [0.15, 0.2) is 0 Å². The standard InChI is InChI=1S/C10H15N3/c1-11-10-8(3-2-6-12-10)7-13-9-4-5-9/h2-3,6,9,13H,4-5,7H2,1H3,(H,11,12). The van der Waals surface area contributed by atoms with Crippen LogP contribution in [0.25, 0.3) is 0 Å². The first-order chi connectivity index (χ1) is 6.40. The van der Waals surface area contributed by atoms with Gasteiger partial charge in [-0.25, -0.2) is 4.98 Å². The van der Waals surface area contributed by atoms with Crippen molar-refractivity contribution in [3.8, 4) is 0 Å². The number of nitrogens with zero attached hydrogens (tertiary/aromatic N) is 1. The molecular formula is C10H15N3. The first-order valence-corrected chi connectivity index (χ1v) is 4.75. The highest BCUT2D eigenvalue weighted by atomic mass is 15.0. The van der Waals surface area contributed by atoms with E-state index in [4.69, 9.17) is 0 Å². The van der Waals surface area contributed by atoms with Crippen LogP contribution < -0.4 is 10.6 Å². The van der Waals surface area contributed by atoms with Crippen molar-refractivity contribution >= 4 is 5.82 Å². The van der Waals surface area contributed by atoms with Gasteiger partial charge in [-0.2, -0.15) is 0 Å². The summed E-state index contributed by atoms with van der Waals surface area (Å²) in [5.74, 6) is 0.982. The molecule has 13 heavy (non-hydrogen) atoms. The molecule has 3 heteroatoms. The third-order valence-corrected chi connectivity index (χ3v) is 2.29. The third kappa shape index (κ3) is 2.18. The smallest absolute Gasteiger partial charge is 0.130 e. The minimum absolute atomic E-state index is 0.755.